The standard InChI is InChI=1S/C12H11N3O2S/c1-17-9-5-3-2-4-8(9)10-6-11(16)15-7-13-14-12(15)18-10/h2-5,7,10H,6H2,1H3/t10-/m1/s1. The minimum absolute atomic E-state index is 0.0182. The number of methoxy groups -OCH3 is 1. The van der Waals surface area contributed by atoms with Crippen molar-refractivity contribution in [1.82, 2.24) is 14.8 Å². The lowest BCUT2D eigenvalue weighted by atomic mass is 10.1. The Morgan fingerprint density at radius 2 is 2.28 bits per heavy atom. The van der Waals surface area contributed by atoms with Gasteiger partial charge in [0.1, 0.15) is 12.1 Å². The van der Waals surface area contributed by atoms with Gasteiger partial charge in [-0.15, -0.1) is 10.2 Å². The van der Waals surface area contributed by atoms with Crippen molar-refractivity contribution in [3.05, 3.63) is 36.2 Å². The second-order valence-electron chi connectivity index (χ2n) is 3.93. The van der Waals surface area contributed by atoms with E-state index >= 15 is 0 Å². The Morgan fingerprint density at radius 1 is 1.44 bits per heavy atom. The summed E-state index contributed by atoms with van der Waals surface area (Å²) in [5.74, 6) is 0.820. The largest absolute Gasteiger partial charge is 0.496 e. The van der Waals surface area contributed by atoms with Crippen molar-refractivity contribution in [2.75, 3.05) is 7.11 Å². The molecule has 0 N–H and O–H groups in total. The Bertz CT molecular complexity index is 597. The van der Waals surface area contributed by atoms with E-state index < -0.39 is 0 Å². The average Bonchev–Trinajstić information content (AvgIpc) is 2.87. The highest BCUT2D eigenvalue weighted by molar-refractivity contribution is 7.99. The summed E-state index contributed by atoms with van der Waals surface area (Å²) >= 11 is 1.54. The van der Waals surface area contributed by atoms with Gasteiger partial charge in [-0.05, 0) is 6.07 Å². The summed E-state index contributed by atoms with van der Waals surface area (Å²) in [5.41, 5.74) is 1.02. The van der Waals surface area contributed by atoms with Gasteiger partial charge in [-0.3, -0.25) is 4.79 Å². The molecule has 0 fully saturated rings. The van der Waals surface area contributed by atoms with E-state index in [0.29, 0.717) is 11.6 Å². The predicted octanol–water partition coefficient (Wildman–Crippen LogP) is 2.16. The van der Waals surface area contributed by atoms with Crippen molar-refractivity contribution in [2.24, 2.45) is 0 Å². The Morgan fingerprint density at radius 3 is 3.11 bits per heavy atom. The molecule has 0 amide bonds. The topological polar surface area (TPSA) is 57.0 Å². The number of ether oxygens (including phenoxy) is 1. The number of aromatic nitrogens is 3. The van der Waals surface area contributed by atoms with Gasteiger partial charge in [0.05, 0.1) is 7.11 Å². The maximum absolute atomic E-state index is 12.0. The number of hydrogen-bond acceptors (Lipinski definition) is 5. The molecule has 0 aliphatic carbocycles. The first-order chi connectivity index (χ1) is 8.79. The lowest BCUT2D eigenvalue weighted by Crippen LogP contribution is -2.19. The molecule has 0 saturated heterocycles. The van der Waals surface area contributed by atoms with Crippen LogP contribution in [0.4, 0.5) is 0 Å². The molecule has 0 saturated carbocycles. The molecule has 92 valence electrons. The molecule has 0 bridgehead atoms. The third-order valence-corrected chi connectivity index (χ3v) is 4.07. The van der Waals surface area contributed by atoms with Gasteiger partial charge < -0.3 is 4.74 Å². The molecule has 2 heterocycles. The van der Waals surface area contributed by atoms with Gasteiger partial charge in [-0.1, -0.05) is 30.0 Å². The molecular formula is C12H11N3O2S. The second-order valence-corrected chi connectivity index (χ2v) is 5.10. The maximum atomic E-state index is 12.0. The molecule has 1 aliphatic rings. The van der Waals surface area contributed by atoms with Gasteiger partial charge in [-0.2, -0.15) is 0 Å². The molecule has 0 unspecified atom stereocenters. The van der Waals surface area contributed by atoms with Gasteiger partial charge in [-0.25, -0.2) is 4.57 Å². The summed E-state index contributed by atoms with van der Waals surface area (Å²) in [5, 5.41) is 8.39. The van der Waals surface area contributed by atoms with Crippen LogP contribution in [0.3, 0.4) is 0 Å². The van der Waals surface area contributed by atoms with Crippen molar-refractivity contribution in [3.8, 4) is 5.75 Å². The molecular weight excluding hydrogens is 250 g/mol. The number of rotatable bonds is 2. The van der Waals surface area contributed by atoms with Crippen molar-refractivity contribution in [2.45, 2.75) is 16.8 Å². The third-order valence-electron chi connectivity index (χ3n) is 2.88. The Balaban J connectivity index is 1.98. The van der Waals surface area contributed by atoms with Crippen LogP contribution in [0.25, 0.3) is 0 Å². The fraction of sp³-hybridized carbons (Fsp3) is 0.250. The van der Waals surface area contributed by atoms with E-state index in [1.165, 1.54) is 22.7 Å². The Hall–Kier alpha value is -1.82. The number of nitrogens with zero attached hydrogens (tertiary/aromatic N) is 3. The SMILES string of the molecule is COc1ccccc1[C@H]1CC(=O)n2cnnc2S1. The van der Waals surface area contributed by atoms with Crippen molar-refractivity contribution >= 4 is 17.7 Å². The van der Waals surface area contributed by atoms with E-state index in [9.17, 15) is 4.79 Å². The number of para-hydroxylation sites is 1. The molecule has 1 atom stereocenters. The molecule has 1 aromatic heterocycles. The highest BCUT2D eigenvalue weighted by Crippen LogP contribution is 2.43. The number of benzene rings is 1. The highest BCUT2D eigenvalue weighted by atomic mass is 32.2. The number of fused-ring (bicyclic) bond motifs is 1. The monoisotopic (exact) mass is 261 g/mol. The quantitative estimate of drug-likeness (QED) is 0.829. The number of thioether (sulfide) groups is 1. The lowest BCUT2D eigenvalue weighted by molar-refractivity contribution is 0.0885. The lowest BCUT2D eigenvalue weighted by Gasteiger charge is -2.22. The summed E-state index contributed by atoms with van der Waals surface area (Å²) in [6.45, 7) is 0. The molecule has 1 aliphatic heterocycles. The van der Waals surface area contributed by atoms with Gasteiger partial charge >= 0.3 is 0 Å². The van der Waals surface area contributed by atoms with Gasteiger partial charge in [0.15, 0.2) is 5.16 Å². The zero-order chi connectivity index (χ0) is 12.5. The normalized spacial score (nSPS) is 18.5. The Kier molecular flexibility index (Phi) is 2.79. The summed E-state index contributed by atoms with van der Waals surface area (Å²) in [6.07, 6.45) is 1.89. The van der Waals surface area contributed by atoms with Gasteiger partial charge in [0.2, 0.25) is 5.91 Å². The molecule has 6 heteroatoms. The van der Waals surface area contributed by atoms with Crippen LogP contribution in [0.2, 0.25) is 0 Å². The molecule has 5 nitrogen and oxygen atoms in total. The third kappa shape index (κ3) is 1.78. The zero-order valence-corrected chi connectivity index (χ0v) is 10.6. The van der Waals surface area contributed by atoms with Crippen molar-refractivity contribution in [1.29, 1.82) is 0 Å². The molecule has 2 aromatic rings. The number of carbonyl (C=O) groups excluding carboxylic acids is 1. The number of carbonyl (C=O) groups is 1. The average molecular weight is 261 g/mol. The van der Waals surface area contributed by atoms with Crippen LogP contribution in [-0.4, -0.2) is 27.8 Å². The summed E-state index contributed by atoms with van der Waals surface area (Å²) in [7, 11) is 1.64. The van der Waals surface area contributed by atoms with Crippen LogP contribution in [0.5, 0.6) is 5.75 Å². The maximum Gasteiger partial charge on any atom is 0.235 e. The summed E-state index contributed by atoms with van der Waals surface area (Å²) in [4.78, 5) is 12.0. The second kappa shape index (κ2) is 4.45. The van der Waals surface area contributed by atoms with E-state index in [0.717, 1.165) is 11.3 Å². The van der Waals surface area contributed by atoms with Crippen LogP contribution in [0.1, 0.15) is 22.0 Å². The van der Waals surface area contributed by atoms with Gasteiger partial charge in [0, 0.05) is 17.2 Å². The fourth-order valence-electron chi connectivity index (χ4n) is 2.01. The van der Waals surface area contributed by atoms with E-state index in [1.54, 1.807) is 7.11 Å². The minimum Gasteiger partial charge on any atom is -0.496 e. The van der Waals surface area contributed by atoms with Crippen LogP contribution in [0, 0.1) is 0 Å². The molecule has 0 spiro atoms. The van der Waals surface area contributed by atoms with Crippen LogP contribution < -0.4 is 4.74 Å². The van der Waals surface area contributed by atoms with Crippen molar-refractivity contribution < 1.29 is 9.53 Å². The smallest absolute Gasteiger partial charge is 0.235 e. The zero-order valence-electron chi connectivity index (χ0n) is 9.74. The molecule has 0 radical (unpaired) electrons. The first-order valence-corrected chi connectivity index (χ1v) is 6.40. The minimum atomic E-state index is 0.0182. The molecule has 3 rings (SSSR count). The molecule has 18 heavy (non-hydrogen) atoms. The van der Waals surface area contributed by atoms with E-state index in [-0.39, 0.29) is 11.2 Å². The van der Waals surface area contributed by atoms with Gasteiger partial charge in [0.25, 0.3) is 0 Å². The molecule has 1 aromatic carbocycles. The Labute approximate surface area is 108 Å². The van der Waals surface area contributed by atoms with Crippen molar-refractivity contribution in [3.63, 3.8) is 0 Å². The summed E-state index contributed by atoms with van der Waals surface area (Å²) < 4.78 is 6.83. The van der Waals surface area contributed by atoms with E-state index in [2.05, 4.69) is 10.2 Å². The summed E-state index contributed by atoms with van der Waals surface area (Å²) in [6, 6.07) is 7.75. The van der Waals surface area contributed by atoms with E-state index in [4.69, 9.17) is 4.74 Å². The van der Waals surface area contributed by atoms with Crippen LogP contribution in [0.15, 0.2) is 35.7 Å². The van der Waals surface area contributed by atoms with E-state index in [1.807, 2.05) is 24.3 Å². The number of hydrogen-bond donors (Lipinski definition) is 0. The first-order valence-electron chi connectivity index (χ1n) is 5.52. The predicted molar refractivity (Wildman–Crippen MR) is 66.9 cm³/mol. The highest BCUT2D eigenvalue weighted by Gasteiger charge is 2.29. The fourth-order valence-corrected chi connectivity index (χ4v) is 3.17. The van der Waals surface area contributed by atoms with Crippen LogP contribution >= 0.6 is 11.8 Å². The van der Waals surface area contributed by atoms with Crippen LogP contribution in [-0.2, 0) is 0 Å². The first kappa shape index (κ1) is 11.3.